The second kappa shape index (κ2) is 14.6. The quantitative estimate of drug-likeness (QED) is 0.162. The van der Waals surface area contributed by atoms with E-state index in [1.165, 1.54) is 48.7 Å². The third-order valence-electron chi connectivity index (χ3n) is 13.0. The van der Waals surface area contributed by atoms with Crippen LogP contribution in [0, 0.1) is 0 Å². The molecule has 0 saturated carbocycles. The average molecular weight is 833 g/mol. The van der Waals surface area contributed by atoms with Gasteiger partial charge in [0.15, 0.2) is 17.5 Å². The van der Waals surface area contributed by atoms with Crippen molar-refractivity contribution in [3.8, 4) is 67.7 Å². The first kappa shape index (κ1) is 36.6. The first-order valence-electron chi connectivity index (χ1n) is 21.6. The van der Waals surface area contributed by atoms with Crippen molar-refractivity contribution in [1.82, 2.24) is 19.9 Å². The van der Waals surface area contributed by atoms with E-state index >= 15 is 0 Å². The van der Waals surface area contributed by atoms with Gasteiger partial charge in [-0.25, -0.2) is 19.9 Å². The summed E-state index contributed by atoms with van der Waals surface area (Å²) in [6, 6.07) is 78.0. The van der Waals surface area contributed by atoms with Crippen LogP contribution in [0.25, 0.3) is 89.4 Å². The lowest BCUT2D eigenvalue weighted by Gasteiger charge is -2.40. The monoisotopic (exact) mass is 832 g/mol. The minimum Gasteiger partial charge on any atom is -0.247 e. The molecule has 0 fully saturated rings. The fourth-order valence-corrected chi connectivity index (χ4v) is 11.3. The molecule has 4 nitrogen and oxygen atoms in total. The molecule has 2 aromatic heterocycles. The summed E-state index contributed by atoms with van der Waals surface area (Å²) in [5, 5.41) is 3.29. The summed E-state index contributed by atoms with van der Waals surface area (Å²) in [5.74, 6) is 1.85. The number of pyridine rings is 1. The van der Waals surface area contributed by atoms with E-state index < -0.39 is 5.41 Å². The molecular weight excluding hydrogens is 797 g/mol. The van der Waals surface area contributed by atoms with Gasteiger partial charge < -0.3 is 0 Å². The highest BCUT2D eigenvalue weighted by Gasteiger charge is 2.50. The Bertz CT molecular complexity index is 3580. The van der Waals surface area contributed by atoms with Crippen LogP contribution in [0.15, 0.2) is 228 Å². The van der Waals surface area contributed by atoms with Crippen molar-refractivity contribution >= 4 is 33.4 Å². The summed E-state index contributed by atoms with van der Waals surface area (Å²) in [6.07, 6.45) is 0. The first-order chi connectivity index (χ1) is 31.7. The van der Waals surface area contributed by atoms with Crippen LogP contribution in [0.1, 0.15) is 22.3 Å². The standard InChI is InChI=1S/C59H36N4S/c1-4-16-37(17-5-1)38-28-30-41(31-29-38)57-61-56(40-20-8-3-9-21-40)62-58(63-57)42-32-33-52-46(34-42)45-35-51-54(36-47(45)55(60-52)39-18-6-2-7-19-39)64-53-27-15-14-26-50(53)59(51)48-24-12-10-22-43(48)44-23-11-13-25-49(44)59/h1-36H. The number of hydrogen-bond acceptors (Lipinski definition) is 5. The number of nitrogens with zero attached hydrogens (tertiary/aromatic N) is 4. The van der Waals surface area contributed by atoms with Crippen LogP contribution in [0.2, 0.25) is 0 Å². The van der Waals surface area contributed by atoms with Gasteiger partial charge in [-0.2, -0.15) is 0 Å². The van der Waals surface area contributed by atoms with Gasteiger partial charge in [0, 0.05) is 42.8 Å². The molecule has 64 heavy (non-hydrogen) atoms. The molecule has 0 N–H and O–H groups in total. The summed E-state index contributed by atoms with van der Waals surface area (Å²) in [6.45, 7) is 0. The third kappa shape index (κ3) is 5.64. The smallest absolute Gasteiger partial charge is 0.164 e. The lowest BCUT2D eigenvalue weighted by molar-refractivity contribution is 0.724. The Balaban J connectivity index is 1.07. The summed E-state index contributed by atoms with van der Waals surface area (Å²) in [4.78, 5) is 23.4. The van der Waals surface area contributed by atoms with E-state index in [1.54, 1.807) is 0 Å². The van der Waals surface area contributed by atoms with E-state index in [0.717, 1.165) is 55.2 Å². The van der Waals surface area contributed by atoms with Crippen molar-refractivity contribution < 1.29 is 0 Å². The number of fused-ring (bicyclic) bond motifs is 12. The highest BCUT2D eigenvalue weighted by molar-refractivity contribution is 7.99. The molecule has 1 aliphatic heterocycles. The van der Waals surface area contributed by atoms with Crippen molar-refractivity contribution in [3.63, 3.8) is 0 Å². The number of aromatic nitrogens is 4. The lowest BCUT2D eigenvalue weighted by Crippen LogP contribution is -2.32. The van der Waals surface area contributed by atoms with E-state index in [9.17, 15) is 0 Å². The predicted molar refractivity (Wildman–Crippen MR) is 261 cm³/mol. The Labute approximate surface area is 375 Å². The van der Waals surface area contributed by atoms with E-state index in [0.29, 0.717) is 17.5 Å². The van der Waals surface area contributed by atoms with Crippen LogP contribution < -0.4 is 0 Å². The van der Waals surface area contributed by atoms with Crippen LogP contribution in [0.4, 0.5) is 0 Å². The van der Waals surface area contributed by atoms with E-state index in [4.69, 9.17) is 19.9 Å². The molecule has 13 rings (SSSR count). The highest BCUT2D eigenvalue weighted by Crippen LogP contribution is 2.62. The second-order valence-corrected chi connectivity index (χ2v) is 17.6. The summed E-state index contributed by atoms with van der Waals surface area (Å²) in [7, 11) is 0. The molecule has 0 amide bonds. The molecule has 1 aliphatic carbocycles. The Morgan fingerprint density at radius 2 is 0.781 bits per heavy atom. The molecular formula is C59H36N4S. The molecule has 5 heteroatoms. The highest BCUT2D eigenvalue weighted by atomic mass is 32.2. The van der Waals surface area contributed by atoms with Crippen LogP contribution in [-0.4, -0.2) is 19.9 Å². The molecule has 0 bridgehead atoms. The normalized spacial score (nSPS) is 13.1. The van der Waals surface area contributed by atoms with Gasteiger partial charge >= 0.3 is 0 Å². The summed E-state index contributed by atoms with van der Waals surface area (Å²) in [5.41, 5.74) is 15.3. The SMILES string of the molecule is c1ccc(-c2ccc(-c3nc(-c4ccccc4)nc(-c4ccc5nc(-c6ccccc6)c6cc7c(cc6c5c4)C4(c5ccccc5S7)c5ccccc5-c5ccccc54)n3)cc2)cc1. The minimum atomic E-state index is -0.511. The van der Waals surface area contributed by atoms with Gasteiger partial charge in [-0.3, -0.25) is 0 Å². The molecule has 0 radical (unpaired) electrons. The largest absolute Gasteiger partial charge is 0.247 e. The van der Waals surface area contributed by atoms with Crippen molar-refractivity contribution in [3.05, 3.63) is 241 Å². The Hall–Kier alpha value is -7.99. The molecule has 0 atom stereocenters. The second-order valence-electron chi connectivity index (χ2n) is 16.5. The number of benzene rings is 9. The molecule has 9 aromatic carbocycles. The topological polar surface area (TPSA) is 51.6 Å². The molecule has 11 aromatic rings. The first-order valence-corrected chi connectivity index (χ1v) is 22.4. The van der Waals surface area contributed by atoms with E-state index in [-0.39, 0.29) is 0 Å². The Morgan fingerprint density at radius 1 is 0.297 bits per heavy atom. The van der Waals surface area contributed by atoms with Crippen LogP contribution >= 0.6 is 11.8 Å². The lowest BCUT2D eigenvalue weighted by atomic mass is 9.67. The fourth-order valence-electron chi connectivity index (χ4n) is 10.1. The summed E-state index contributed by atoms with van der Waals surface area (Å²) >= 11 is 1.86. The van der Waals surface area contributed by atoms with Gasteiger partial charge in [-0.1, -0.05) is 194 Å². The van der Waals surface area contributed by atoms with Crippen molar-refractivity contribution in [2.24, 2.45) is 0 Å². The average Bonchev–Trinajstić information content (AvgIpc) is 3.66. The van der Waals surface area contributed by atoms with Crippen LogP contribution in [0.3, 0.4) is 0 Å². The van der Waals surface area contributed by atoms with Gasteiger partial charge in [0.05, 0.1) is 16.6 Å². The Kier molecular flexibility index (Phi) is 8.33. The molecule has 0 saturated heterocycles. The van der Waals surface area contributed by atoms with E-state index in [2.05, 4.69) is 194 Å². The maximum absolute atomic E-state index is 5.46. The van der Waals surface area contributed by atoms with Gasteiger partial charge in [0.25, 0.3) is 0 Å². The van der Waals surface area contributed by atoms with Crippen molar-refractivity contribution in [2.45, 2.75) is 15.2 Å². The van der Waals surface area contributed by atoms with Gasteiger partial charge in [0.1, 0.15) is 0 Å². The molecule has 3 heterocycles. The fraction of sp³-hybridized carbons (Fsp3) is 0.0169. The van der Waals surface area contributed by atoms with Gasteiger partial charge in [0.2, 0.25) is 0 Å². The molecule has 298 valence electrons. The van der Waals surface area contributed by atoms with Gasteiger partial charge in [-0.15, -0.1) is 0 Å². The van der Waals surface area contributed by atoms with Crippen molar-refractivity contribution in [2.75, 3.05) is 0 Å². The zero-order valence-corrected chi connectivity index (χ0v) is 35.3. The summed E-state index contributed by atoms with van der Waals surface area (Å²) < 4.78 is 0. The third-order valence-corrected chi connectivity index (χ3v) is 14.1. The minimum absolute atomic E-state index is 0.511. The molecule has 2 aliphatic rings. The van der Waals surface area contributed by atoms with Crippen LogP contribution in [-0.2, 0) is 5.41 Å². The molecule has 1 spiro atoms. The Morgan fingerprint density at radius 3 is 1.44 bits per heavy atom. The maximum atomic E-state index is 5.46. The van der Waals surface area contributed by atoms with Crippen LogP contribution in [0.5, 0.6) is 0 Å². The zero-order valence-electron chi connectivity index (χ0n) is 34.5. The maximum Gasteiger partial charge on any atom is 0.164 e. The van der Waals surface area contributed by atoms with Crippen molar-refractivity contribution in [1.29, 1.82) is 0 Å². The predicted octanol–water partition coefficient (Wildman–Crippen LogP) is 14.7. The molecule has 0 unspecified atom stereocenters. The van der Waals surface area contributed by atoms with Gasteiger partial charge in [-0.05, 0) is 86.3 Å². The zero-order chi connectivity index (χ0) is 42.2. The number of rotatable bonds is 5. The van der Waals surface area contributed by atoms with E-state index in [1.807, 2.05) is 36.0 Å². The number of hydrogen-bond donors (Lipinski definition) is 0.